The molecule has 1 aromatic carbocycles. The van der Waals surface area contributed by atoms with Crippen molar-refractivity contribution in [1.29, 1.82) is 0 Å². The topological polar surface area (TPSA) is 55.6 Å². The number of furan rings is 1. The molecule has 5 heteroatoms. The van der Waals surface area contributed by atoms with E-state index in [0.29, 0.717) is 18.8 Å². The molecule has 0 radical (unpaired) electrons. The number of hydrogen-bond donors (Lipinski definition) is 0. The third-order valence-corrected chi connectivity index (χ3v) is 4.58. The second-order valence-electron chi connectivity index (χ2n) is 6.32. The Bertz CT molecular complexity index is 905. The van der Waals surface area contributed by atoms with Crippen LogP contribution in [0.25, 0.3) is 17.0 Å². The van der Waals surface area contributed by atoms with E-state index in [0.717, 1.165) is 29.5 Å². The van der Waals surface area contributed by atoms with E-state index in [2.05, 4.69) is 4.98 Å². The number of hydrogen-bond acceptors (Lipinski definition) is 4. The second-order valence-corrected chi connectivity index (χ2v) is 6.32. The summed E-state index contributed by atoms with van der Waals surface area (Å²) in [5, 5.41) is 1.07. The van der Waals surface area contributed by atoms with Crippen LogP contribution in [0.3, 0.4) is 0 Å². The van der Waals surface area contributed by atoms with Crippen LogP contribution in [0, 0.1) is 0 Å². The highest BCUT2D eigenvalue weighted by Crippen LogP contribution is 2.26. The average molecular weight is 348 g/mol. The predicted octanol–water partition coefficient (Wildman–Crippen LogP) is 3.91. The summed E-state index contributed by atoms with van der Waals surface area (Å²) in [5.74, 6) is 1.50. The molecule has 0 aliphatic carbocycles. The van der Waals surface area contributed by atoms with Crippen molar-refractivity contribution >= 4 is 22.9 Å². The fourth-order valence-corrected chi connectivity index (χ4v) is 3.19. The molecule has 5 nitrogen and oxygen atoms in total. The number of carbonyl (C=O) groups excluding carboxylic acids is 1. The van der Waals surface area contributed by atoms with Gasteiger partial charge in [-0.05, 0) is 30.3 Å². The highest BCUT2D eigenvalue weighted by atomic mass is 16.5. The lowest BCUT2D eigenvalue weighted by molar-refractivity contribution is -0.127. The van der Waals surface area contributed by atoms with E-state index in [-0.39, 0.29) is 12.0 Å². The van der Waals surface area contributed by atoms with E-state index < -0.39 is 0 Å². The van der Waals surface area contributed by atoms with Crippen LogP contribution in [0.2, 0.25) is 0 Å². The first kappa shape index (κ1) is 16.4. The van der Waals surface area contributed by atoms with Crippen molar-refractivity contribution in [2.75, 3.05) is 13.1 Å². The molecule has 0 N–H and O–H groups in total. The summed E-state index contributed by atoms with van der Waals surface area (Å²) in [4.78, 5) is 18.6. The number of likely N-dealkylation sites (tertiary alicyclic amines) is 1. The van der Waals surface area contributed by atoms with Crippen molar-refractivity contribution in [2.45, 2.75) is 18.9 Å². The molecule has 26 heavy (non-hydrogen) atoms. The minimum atomic E-state index is 0.00618. The van der Waals surface area contributed by atoms with E-state index in [1.165, 1.54) is 0 Å². The monoisotopic (exact) mass is 348 g/mol. The molecule has 0 atom stereocenters. The number of rotatable bonds is 4. The number of ether oxygens (including phenoxy) is 1. The standard InChI is InChI=1S/C21H20N2O3/c24-20(9-8-17-6-3-15-25-17)23-13-10-18(11-14-23)26-19-7-1-4-16-5-2-12-22-21(16)19/h1-9,12,15,18H,10-11,13-14H2. The van der Waals surface area contributed by atoms with E-state index >= 15 is 0 Å². The van der Waals surface area contributed by atoms with Crippen LogP contribution >= 0.6 is 0 Å². The van der Waals surface area contributed by atoms with E-state index in [9.17, 15) is 4.79 Å². The quantitative estimate of drug-likeness (QED) is 0.671. The Morgan fingerprint density at radius 1 is 1.15 bits per heavy atom. The number of fused-ring (bicyclic) bond motifs is 1. The van der Waals surface area contributed by atoms with Gasteiger partial charge in [0.1, 0.15) is 23.1 Å². The van der Waals surface area contributed by atoms with Crippen molar-refractivity contribution in [3.05, 3.63) is 66.8 Å². The SMILES string of the molecule is O=C(C=Cc1ccco1)N1CCC(Oc2cccc3cccnc23)CC1. The Hall–Kier alpha value is -3.08. The van der Waals surface area contributed by atoms with Gasteiger partial charge in [0.25, 0.3) is 0 Å². The van der Waals surface area contributed by atoms with Gasteiger partial charge in [0, 0.05) is 43.6 Å². The Morgan fingerprint density at radius 3 is 2.81 bits per heavy atom. The van der Waals surface area contributed by atoms with Gasteiger partial charge in [-0.25, -0.2) is 0 Å². The third kappa shape index (κ3) is 3.61. The number of benzene rings is 1. The van der Waals surface area contributed by atoms with Crippen LogP contribution < -0.4 is 4.74 Å². The maximum Gasteiger partial charge on any atom is 0.246 e. The molecule has 0 spiro atoms. The number of pyridine rings is 1. The first-order valence-corrected chi connectivity index (χ1v) is 8.80. The smallest absolute Gasteiger partial charge is 0.246 e. The van der Waals surface area contributed by atoms with Crippen LogP contribution in [-0.2, 0) is 4.79 Å². The van der Waals surface area contributed by atoms with Crippen molar-refractivity contribution in [2.24, 2.45) is 0 Å². The van der Waals surface area contributed by atoms with Gasteiger partial charge in [0.05, 0.1) is 6.26 Å². The lowest BCUT2D eigenvalue weighted by atomic mass is 10.1. The zero-order chi connectivity index (χ0) is 17.8. The lowest BCUT2D eigenvalue weighted by Gasteiger charge is -2.31. The van der Waals surface area contributed by atoms with Crippen LogP contribution in [-0.4, -0.2) is 35.0 Å². The summed E-state index contributed by atoms with van der Waals surface area (Å²) in [7, 11) is 0. The second kappa shape index (κ2) is 7.44. The first-order chi connectivity index (χ1) is 12.8. The summed E-state index contributed by atoms with van der Waals surface area (Å²) < 4.78 is 11.4. The van der Waals surface area contributed by atoms with Crippen LogP contribution in [0.4, 0.5) is 0 Å². The molecule has 1 amide bonds. The first-order valence-electron chi connectivity index (χ1n) is 8.80. The zero-order valence-electron chi connectivity index (χ0n) is 14.4. The predicted molar refractivity (Wildman–Crippen MR) is 99.7 cm³/mol. The number of amides is 1. The molecule has 1 fully saturated rings. The summed E-state index contributed by atoms with van der Waals surface area (Å²) >= 11 is 0. The van der Waals surface area contributed by atoms with E-state index in [1.54, 1.807) is 30.7 Å². The van der Waals surface area contributed by atoms with Gasteiger partial charge in [0.2, 0.25) is 5.91 Å². The van der Waals surface area contributed by atoms with Gasteiger partial charge < -0.3 is 14.1 Å². The van der Waals surface area contributed by atoms with E-state index in [1.807, 2.05) is 41.3 Å². The number of carbonyl (C=O) groups is 1. The Kier molecular flexibility index (Phi) is 4.69. The van der Waals surface area contributed by atoms with E-state index in [4.69, 9.17) is 9.15 Å². The molecule has 1 aliphatic heterocycles. The Labute approximate surface area is 151 Å². The molecule has 2 aromatic heterocycles. The lowest BCUT2D eigenvalue weighted by Crippen LogP contribution is -2.41. The van der Waals surface area contributed by atoms with Gasteiger partial charge in [-0.15, -0.1) is 0 Å². The van der Waals surface area contributed by atoms with Crippen molar-refractivity contribution < 1.29 is 13.9 Å². The highest BCUT2D eigenvalue weighted by molar-refractivity contribution is 5.91. The normalized spacial score (nSPS) is 15.6. The van der Waals surface area contributed by atoms with Crippen LogP contribution in [0.1, 0.15) is 18.6 Å². The molecule has 3 heterocycles. The molecule has 1 aliphatic rings. The van der Waals surface area contributed by atoms with Gasteiger partial charge in [-0.3, -0.25) is 9.78 Å². The molecule has 0 bridgehead atoms. The minimum absolute atomic E-state index is 0.00618. The Morgan fingerprint density at radius 2 is 2.00 bits per heavy atom. The minimum Gasteiger partial charge on any atom is -0.488 e. The molecular weight excluding hydrogens is 328 g/mol. The summed E-state index contributed by atoms with van der Waals surface area (Å²) in [6, 6.07) is 13.5. The van der Waals surface area contributed by atoms with Crippen molar-refractivity contribution in [3.63, 3.8) is 0 Å². The number of aromatic nitrogens is 1. The van der Waals surface area contributed by atoms with Gasteiger partial charge >= 0.3 is 0 Å². The molecule has 1 saturated heterocycles. The van der Waals surface area contributed by atoms with Gasteiger partial charge in [-0.1, -0.05) is 18.2 Å². The van der Waals surface area contributed by atoms with Crippen molar-refractivity contribution in [3.8, 4) is 5.75 Å². The number of para-hydroxylation sites is 1. The van der Waals surface area contributed by atoms with Crippen LogP contribution in [0.5, 0.6) is 5.75 Å². The summed E-state index contributed by atoms with van der Waals surface area (Å²) in [6.07, 6.45) is 8.35. The fourth-order valence-electron chi connectivity index (χ4n) is 3.19. The Balaban J connectivity index is 1.35. The largest absolute Gasteiger partial charge is 0.488 e. The summed E-state index contributed by atoms with van der Waals surface area (Å²) in [6.45, 7) is 1.37. The van der Waals surface area contributed by atoms with Crippen LogP contribution in [0.15, 0.2) is 65.4 Å². The van der Waals surface area contributed by atoms with Gasteiger partial charge in [-0.2, -0.15) is 0 Å². The molecular formula is C21H20N2O3. The maximum atomic E-state index is 12.3. The molecule has 132 valence electrons. The summed E-state index contributed by atoms with van der Waals surface area (Å²) in [5.41, 5.74) is 0.884. The maximum absolute atomic E-state index is 12.3. The highest BCUT2D eigenvalue weighted by Gasteiger charge is 2.23. The van der Waals surface area contributed by atoms with Gasteiger partial charge in [0.15, 0.2) is 0 Å². The molecule has 0 saturated carbocycles. The molecule has 4 rings (SSSR count). The average Bonchev–Trinajstić information content (AvgIpc) is 3.21. The third-order valence-electron chi connectivity index (χ3n) is 4.58. The molecule has 0 unspecified atom stereocenters. The number of piperidine rings is 1. The molecule has 3 aromatic rings. The fraction of sp³-hybridized carbons (Fsp3) is 0.238. The van der Waals surface area contributed by atoms with Crippen molar-refractivity contribution in [1.82, 2.24) is 9.88 Å². The number of nitrogens with zero attached hydrogens (tertiary/aromatic N) is 2. The zero-order valence-corrected chi connectivity index (χ0v) is 14.4.